The summed E-state index contributed by atoms with van der Waals surface area (Å²) in [4.78, 5) is 8.62. The average molecular weight is 325 g/mol. The fourth-order valence-electron chi connectivity index (χ4n) is 2.67. The van der Waals surface area contributed by atoms with Crippen molar-refractivity contribution >= 4 is 5.82 Å². The Morgan fingerprint density at radius 2 is 2.04 bits per heavy atom. The monoisotopic (exact) mass is 325 g/mol. The summed E-state index contributed by atoms with van der Waals surface area (Å²) in [6, 6.07) is 3.29. The zero-order chi connectivity index (χ0) is 16.4. The van der Waals surface area contributed by atoms with Crippen molar-refractivity contribution < 1.29 is 13.2 Å². The summed E-state index contributed by atoms with van der Waals surface area (Å²) in [6.45, 7) is 1.16. The largest absolute Gasteiger partial charge is 0.367 e. The van der Waals surface area contributed by atoms with Gasteiger partial charge in [-0.3, -0.25) is 0 Å². The molecule has 0 bridgehead atoms. The van der Waals surface area contributed by atoms with Crippen LogP contribution in [0.25, 0.3) is 5.95 Å². The molecule has 0 atom stereocenters. The molecule has 2 heterocycles. The number of hydrogen-bond acceptors (Lipinski definition) is 4. The van der Waals surface area contributed by atoms with Gasteiger partial charge < -0.3 is 5.32 Å². The molecule has 0 amide bonds. The standard InChI is InChI=1S/C15H18F3N5/c1-10-8-13(20-11-2-5-15(17,18)6-3-11)21-14(19-10)23-7-4-12(9-16)22-23/h4,7-8,11H,2-3,5-6,9H2,1H3,(H,19,20,21). The van der Waals surface area contributed by atoms with E-state index in [0.29, 0.717) is 30.3 Å². The van der Waals surface area contributed by atoms with E-state index in [4.69, 9.17) is 0 Å². The lowest BCUT2D eigenvalue weighted by Gasteiger charge is -2.29. The van der Waals surface area contributed by atoms with Crippen LogP contribution in [0.5, 0.6) is 0 Å². The fraction of sp³-hybridized carbons (Fsp3) is 0.533. The van der Waals surface area contributed by atoms with Crippen LogP contribution >= 0.6 is 0 Å². The van der Waals surface area contributed by atoms with Crippen molar-refractivity contribution in [2.24, 2.45) is 0 Å². The Labute approximate surface area is 131 Å². The lowest BCUT2D eigenvalue weighted by molar-refractivity contribution is -0.0361. The first-order chi connectivity index (χ1) is 10.9. The molecule has 0 spiro atoms. The Kier molecular flexibility index (Phi) is 4.23. The van der Waals surface area contributed by atoms with Gasteiger partial charge in [0.25, 0.3) is 5.95 Å². The first-order valence-electron chi connectivity index (χ1n) is 7.56. The van der Waals surface area contributed by atoms with Gasteiger partial charge in [0.2, 0.25) is 5.92 Å². The van der Waals surface area contributed by atoms with Gasteiger partial charge in [0, 0.05) is 36.8 Å². The van der Waals surface area contributed by atoms with Crippen LogP contribution in [0.1, 0.15) is 37.1 Å². The maximum atomic E-state index is 13.2. The molecule has 3 rings (SSSR count). The van der Waals surface area contributed by atoms with E-state index in [-0.39, 0.29) is 18.9 Å². The lowest BCUT2D eigenvalue weighted by Crippen LogP contribution is -2.32. The Bertz CT molecular complexity index is 676. The van der Waals surface area contributed by atoms with Crippen LogP contribution in [0.15, 0.2) is 18.3 Å². The second kappa shape index (κ2) is 6.17. The highest BCUT2D eigenvalue weighted by Crippen LogP contribution is 2.34. The van der Waals surface area contributed by atoms with E-state index < -0.39 is 12.6 Å². The van der Waals surface area contributed by atoms with Crippen molar-refractivity contribution in [2.75, 3.05) is 5.32 Å². The summed E-state index contributed by atoms with van der Waals surface area (Å²) in [5, 5.41) is 7.23. The Balaban J connectivity index is 1.75. The van der Waals surface area contributed by atoms with Gasteiger partial charge in [-0.1, -0.05) is 0 Å². The summed E-state index contributed by atoms with van der Waals surface area (Å²) in [5.41, 5.74) is 1.02. The van der Waals surface area contributed by atoms with Crippen LogP contribution in [0.4, 0.5) is 19.0 Å². The molecular weight excluding hydrogens is 307 g/mol. The summed E-state index contributed by atoms with van der Waals surface area (Å²) in [6.07, 6.45) is 2.17. The third-order valence-corrected chi connectivity index (χ3v) is 3.90. The maximum Gasteiger partial charge on any atom is 0.252 e. The molecule has 2 aromatic rings. The predicted octanol–water partition coefficient (Wildman–Crippen LogP) is 3.43. The van der Waals surface area contributed by atoms with Crippen molar-refractivity contribution in [2.45, 2.75) is 51.2 Å². The average Bonchev–Trinajstić information content (AvgIpc) is 2.98. The van der Waals surface area contributed by atoms with E-state index in [2.05, 4.69) is 20.4 Å². The van der Waals surface area contributed by atoms with Crippen LogP contribution in [-0.2, 0) is 6.67 Å². The Hall–Kier alpha value is -2.12. The zero-order valence-corrected chi connectivity index (χ0v) is 12.8. The van der Waals surface area contributed by atoms with Gasteiger partial charge in [0.15, 0.2) is 0 Å². The van der Waals surface area contributed by atoms with Crippen LogP contribution in [0, 0.1) is 6.92 Å². The second-order valence-electron chi connectivity index (χ2n) is 5.85. The van der Waals surface area contributed by atoms with E-state index in [1.54, 1.807) is 18.3 Å². The van der Waals surface area contributed by atoms with E-state index in [0.717, 1.165) is 5.69 Å². The number of alkyl halides is 3. The molecule has 0 unspecified atom stereocenters. The highest BCUT2D eigenvalue weighted by molar-refractivity contribution is 5.39. The highest BCUT2D eigenvalue weighted by Gasteiger charge is 2.34. The van der Waals surface area contributed by atoms with Gasteiger partial charge in [0.1, 0.15) is 12.5 Å². The summed E-state index contributed by atoms with van der Waals surface area (Å²) >= 11 is 0. The molecule has 2 aromatic heterocycles. The van der Waals surface area contributed by atoms with Crippen molar-refractivity contribution in [3.05, 3.63) is 29.7 Å². The van der Waals surface area contributed by atoms with Gasteiger partial charge in [0.05, 0.1) is 5.69 Å². The minimum Gasteiger partial charge on any atom is -0.367 e. The molecule has 1 N–H and O–H groups in total. The first kappa shape index (κ1) is 15.8. The molecule has 23 heavy (non-hydrogen) atoms. The van der Waals surface area contributed by atoms with Gasteiger partial charge in [-0.2, -0.15) is 10.1 Å². The molecule has 0 aromatic carbocycles. The summed E-state index contributed by atoms with van der Waals surface area (Å²) in [5.74, 6) is -1.66. The number of nitrogens with zero attached hydrogens (tertiary/aromatic N) is 4. The molecule has 124 valence electrons. The Morgan fingerprint density at radius 3 is 2.70 bits per heavy atom. The summed E-state index contributed by atoms with van der Waals surface area (Å²) in [7, 11) is 0. The molecule has 0 aliphatic heterocycles. The number of aryl methyl sites for hydroxylation is 1. The van der Waals surface area contributed by atoms with E-state index in [9.17, 15) is 13.2 Å². The summed E-state index contributed by atoms with van der Waals surface area (Å²) < 4.78 is 40.4. The topological polar surface area (TPSA) is 55.6 Å². The third-order valence-electron chi connectivity index (χ3n) is 3.90. The number of aromatic nitrogens is 4. The Morgan fingerprint density at radius 1 is 1.30 bits per heavy atom. The molecule has 1 saturated carbocycles. The molecular formula is C15H18F3N5. The number of halogens is 3. The van der Waals surface area contributed by atoms with E-state index in [1.807, 2.05) is 6.92 Å². The van der Waals surface area contributed by atoms with Crippen molar-refractivity contribution in [3.8, 4) is 5.95 Å². The third kappa shape index (κ3) is 3.80. The van der Waals surface area contributed by atoms with Gasteiger partial charge >= 0.3 is 0 Å². The normalized spacial score (nSPS) is 18.1. The number of nitrogens with one attached hydrogen (secondary N) is 1. The van der Waals surface area contributed by atoms with E-state index >= 15 is 0 Å². The molecule has 1 aliphatic rings. The quantitative estimate of drug-likeness (QED) is 0.936. The van der Waals surface area contributed by atoms with Gasteiger partial charge in [-0.25, -0.2) is 22.8 Å². The zero-order valence-electron chi connectivity index (χ0n) is 12.8. The predicted molar refractivity (Wildman–Crippen MR) is 79.5 cm³/mol. The molecule has 0 saturated heterocycles. The fourth-order valence-corrected chi connectivity index (χ4v) is 2.67. The van der Waals surface area contributed by atoms with Gasteiger partial charge in [-0.05, 0) is 25.8 Å². The molecule has 1 aliphatic carbocycles. The molecule has 5 nitrogen and oxygen atoms in total. The molecule has 1 fully saturated rings. The molecule has 0 radical (unpaired) electrons. The number of rotatable bonds is 4. The van der Waals surface area contributed by atoms with Crippen LogP contribution in [-0.4, -0.2) is 31.7 Å². The smallest absolute Gasteiger partial charge is 0.252 e. The van der Waals surface area contributed by atoms with Crippen LogP contribution < -0.4 is 5.32 Å². The number of hydrogen-bond donors (Lipinski definition) is 1. The van der Waals surface area contributed by atoms with Crippen LogP contribution in [0.3, 0.4) is 0 Å². The van der Waals surface area contributed by atoms with Crippen molar-refractivity contribution in [3.63, 3.8) is 0 Å². The maximum absolute atomic E-state index is 13.2. The van der Waals surface area contributed by atoms with Crippen molar-refractivity contribution in [1.29, 1.82) is 0 Å². The lowest BCUT2D eigenvalue weighted by atomic mass is 9.92. The second-order valence-corrected chi connectivity index (χ2v) is 5.85. The van der Waals surface area contributed by atoms with Crippen LogP contribution in [0.2, 0.25) is 0 Å². The minimum atomic E-state index is -2.55. The number of anilines is 1. The van der Waals surface area contributed by atoms with Gasteiger partial charge in [-0.15, -0.1) is 0 Å². The van der Waals surface area contributed by atoms with Crippen molar-refractivity contribution in [1.82, 2.24) is 19.7 Å². The minimum absolute atomic E-state index is 0.0317. The molecule has 8 heteroatoms. The SMILES string of the molecule is Cc1cc(NC2CCC(F)(F)CC2)nc(-n2ccc(CF)n2)n1. The van der Waals surface area contributed by atoms with E-state index in [1.165, 1.54) is 4.68 Å². The first-order valence-corrected chi connectivity index (χ1v) is 7.56. The highest BCUT2D eigenvalue weighted by atomic mass is 19.3.